The van der Waals surface area contributed by atoms with Crippen molar-refractivity contribution >= 4 is 43.5 Å². The second-order valence-electron chi connectivity index (χ2n) is 7.16. The Kier molecular flexibility index (Phi) is 9.09. The third-order valence-corrected chi connectivity index (χ3v) is 6.47. The first-order chi connectivity index (χ1) is 15.1. The number of para-hydroxylation sites is 2. The van der Waals surface area contributed by atoms with Gasteiger partial charge in [0, 0.05) is 17.6 Å². The molecule has 1 atom stereocenters. The molecule has 0 saturated heterocycles. The van der Waals surface area contributed by atoms with Crippen molar-refractivity contribution in [3.63, 3.8) is 0 Å². The maximum absolute atomic E-state index is 13.4. The van der Waals surface area contributed by atoms with E-state index in [0.29, 0.717) is 12.3 Å². The van der Waals surface area contributed by atoms with Crippen molar-refractivity contribution < 1.29 is 22.7 Å². The maximum Gasteiger partial charge on any atom is 0.244 e. The summed E-state index contributed by atoms with van der Waals surface area (Å²) >= 11 is 3.38. The topological polar surface area (TPSA) is 96.0 Å². The van der Waals surface area contributed by atoms with E-state index in [4.69, 9.17) is 4.74 Å². The summed E-state index contributed by atoms with van der Waals surface area (Å²) < 4.78 is 32.3. The lowest BCUT2D eigenvalue weighted by atomic mass is 10.1. The molecule has 32 heavy (non-hydrogen) atoms. The number of hydrogen-bond acceptors (Lipinski definition) is 5. The molecule has 0 radical (unpaired) electrons. The molecule has 2 aromatic carbocycles. The zero-order chi connectivity index (χ0) is 23.9. The average molecular weight is 526 g/mol. The van der Waals surface area contributed by atoms with Crippen LogP contribution < -0.4 is 14.4 Å². The van der Waals surface area contributed by atoms with Crippen LogP contribution in [0.2, 0.25) is 0 Å². The standard InChI is InChI=1S/C22H28BrN3O5S/c1-5-24-22(28)16(2)25(14-17-10-12-18(23)13-11-17)21(27)15-26(32(4,29)30)19-8-6-7-9-20(19)31-3/h6-13,16H,5,14-15H2,1-4H3,(H,24,28)/t16-/m1/s1. The Hall–Kier alpha value is -2.59. The van der Waals surface area contributed by atoms with Gasteiger partial charge in [-0.3, -0.25) is 13.9 Å². The molecule has 0 aliphatic carbocycles. The van der Waals surface area contributed by atoms with Gasteiger partial charge in [-0.1, -0.05) is 40.2 Å². The quantitative estimate of drug-likeness (QED) is 0.514. The van der Waals surface area contributed by atoms with Crippen LogP contribution in [0.15, 0.2) is 53.0 Å². The normalized spacial score (nSPS) is 12.0. The molecule has 0 heterocycles. The molecule has 0 saturated carbocycles. The molecule has 2 aromatic rings. The third kappa shape index (κ3) is 6.70. The minimum absolute atomic E-state index is 0.147. The highest BCUT2D eigenvalue weighted by Crippen LogP contribution is 2.29. The van der Waals surface area contributed by atoms with Crippen LogP contribution in [0.4, 0.5) is 5.69 Å². The van der Waals surface area contributed by atoms with Gasteiger partial charge in [-0.25, -0.2) is 8.42 Å². The number of carbonyl (C=O) groups is 2. The zero-order valence-electron chi connectivity index (χ0n) is 18.5. The largest absolute Gasteiger partial charge is 0.495 e. The number of ether oxygens (including phenoxy) is 1. The van der Waals surface area contributed by atoms with Crippen LogP contribution in [0.3, 0.4) is 0 Å². The third-order valence-electron chi connectivity index (χ3n) is 4.82. The number of rotatable bonds is 10. The van der Waals surface area contributed by atoms with Gasteiger partial charge in [0.15, 0.2) is 0 Å². The highest BCUT2D eigenvalue weighted by atomic mass is 79.9. The molecule has 1 N–H and O–H groups in total. The molecular formula is C22H28BrN3O5S. The highest BCUT2D eigenvalue weighted by molar-refractivity contribution is 9.10. The van der Waals surface area contributed by atoms with E-state index in [1.54, 1.807) is 38.1 Å². The Morgan fingerprint density at radius 2 is 1.75 bits per heavy atom. The fourth-order valence-corrected chi connectivity index (χ4v) is 4.24. The van der Waals surface area contributed by atoms with Gasteiger partial charge in [0.25, 0.3) is 0 Å². The summed E-state index contributed by atoms with van der Waals surface area (Å²) in [6.07, 6.45) is 1.03. The number of benzene rings is 2. The minimum atomic E-state index is -3.81. The fourth-order valence-electron chi connectivity index (χ4n) is 3.12. The Morgan fingerprint density at radius 3 is 2.31 bits per heavy atom. The summed E-state index contributed by atoms with van der Waals surface area (Å²) in [6, 6.07) is 13.1. The summed E-state index contributed by atoms with van der Waals surface area (Å²) in [7, 11) is -2.39. The monoisotopic (exact) mass is 525 g/mol. The van der Waals surface area contributed by atoms with Crippen molar-refractivity contribution in [3.8, 4) is 5.75 Å². The predicted octanol–water partition coefficient (Wildman–Crippen LogP) is 2.78. The smallest absolute Gasteiger partial charge is 0.244 e. The van der Waals surface area contributed by atoms with Crippen molar-refractivity contribution in [2.24, 2.45) is 0 Å². The molecule has 0 unspecified atom stereocenters. The maximum atomic E-state index is 13.4. The summed E-state index contributed by atoms with van der Waals surface area (Å²) in [4.78, 5) is 27.3. The van der Waals surface area contributed by atoms with Crippen LogP contribution in [0.1, 0.15) is 19.4 Å². The van der Waals surface area contributed by atoms with Crippen molar-refractivity contribution in [1.82, 2.24) is 10.2 Å². The predicted molar refractivity (Wildman–Crippen MR) is 128 cm³/mol. The van der Waals surface area contributed by atoms with Gasteiger partial charge in [-0.2, -0.15) is 0 Å². The van der Waals surface area contributed by atoms with Crippen LogP contribution in [-0.4, -0.2) is 57.6 Å². The average Bonchev–Trinajstić information content (AvgIpc) is 2.75. The molecule has 0 aliphatic rings. The molecule has 8 nitrogen and oxygen atoms in total. The van der Waals surface area contributed by atoms with Crippen LogP contribution in [0.25, 0.3) is 0 Å². The number of halogens is 1. The van der Waals surface area contributed by atoms with Crippen LogP contribution in [0.5, 0.6) is 5.75 Å². The first-order valence-electron chi connectivity index (χ1n) is 10.0. The number of hydrogen-bond donors (Lipinski definition) is 1. The number of nitrogens with one attached hydrogen (secondary N) is 1. The van der Waals surface area contributed by atoms with Crippen molar-refractivity contribution in [1.29, 1.82) is 0 Å². The van der Waals surface area contributed by atoms with E-state index < -0.39 is 28.5 Å². The van der Waals surface area contributed by atoms with E-state index in [0.717, 1.165) is 20.6 Å². The molecule has 0 fully saturated rings. The molecular weight excluding hydrogens is 498 g/mol. The zero-order valence-corrected chi connectivity index (χ0v) is 20.9. The molecule has 0 spiro atoms. The van der Waals surface area contributed by atoms with Crippen molar-refractivity contribution in [3.05, 3.63) is 58.6 Å². The SMILES string of the molecule is CCNC(=O)[C@@H](C)N(Cc1ccc(Br)cc1)C(=O)CN(c1ccccc1OC)S(C)(=O)=O. The van der Waals surface area contributed by atoms with E-state index >= 15 is 0 Å². The highest BCUT2D eigenvalue weighted by Gasteiger charge is 2.30. The van der Waals surface area contributed by atoms with E-state index in [9.17, 15) is 18.0 Å². The van der Waals surface area contributed by atoms with Gasteiger partial charge >= 0.3 is 0 Å². The van der Waals surface area contributed by atoms with E-state index in [1.165, 1.54) is 12.0 Å². The molecule has 0 aromatic heterocycles. The molecule has 174 valence electrons. The van der Waals surface area contributed by atoms with Crippen LogP contribution in [0, 0.1) is 0 Å². The van der Waals surface area contributed by atoms with Gasteiger partial charge in [0.05, 0.1) is 19.1 Å². The van der Waals surface area contributed by atoms with Gasteiger partial charge in [-0.05, 0) is 43.7 Å². The van der Waals surface area contributed by atoms with Gasteiger partial charge in [0.2, 0.25) is 21.8 Å². The minimum Gasteiger partial charge on any atom is -0.495 e. The lowest BCUT2D eigenvalue weighted by molar-refractivity contribution is -0.139. The Bertz CT molecular complexity index is 1040. The lowest BCUT2D eigenvalue weighted by Crippen LogP contribution is -2.51. The molecule has 0 bridgehead atoms. The summed E-state index contributed by atoms with van der Waals surface area (Å²) in [6.45, 7) is 3.50. The second-order valence-corrected chi connectivity index (χ2v) is 9.98. The molecule has 10 heteroatoms. The van der Waals surface area contributed by atoms with Gasteiger partial charge < -0.3 is 15.0 Å². The number of carbonyl (C=O) groups excluding carboxylic acids is 2. The van der Waals surface area contributed by atoms with E-state index in [1.807, 2.05) is 24.3 Å². The number of likely N-dealkylation sites (N-methyl/N-ethyl adjacent to an activating group) is 1. The number of sulfonamides is 1. The lowest BCUT2D eigenvalue weighted by Gasteiger charge is -2.31. The summed E-state index contributed by atoms with van der Waals surface area (Å²) in [5.74, 6) is -0.508. The van der Waals surface area contributed by atoms with Crippen molar-refractivity contribution in [2.75, 3.05) is 30.8 Å². The number of anilines is 1. The van der Waals surface area contributed by atoms with Gasteiger partial charge in [-0.15, -0.1) is 0 Å². The Labute approximate surface area is 197 Å². The number of amides is 2. The second kappa shape index (κ2) is 11.3. The Balaban J connectivity index is 2.41. The summed E-state index contributed by atoms with van der Waals surface area (Å²) in [5, 5.41) is 2.72. The summed E-state index contributed by atoms with van der Waals surface area (Å²) in [5.41, 5.74) is 1.06. The first-order valence-corrected chi connectivity index (χ1v) is 12.6. The number of nitrogens with zero attached hydrogens (tertiary/aromatic N) is 2. The molecule has 0 aliphatic heterocycles. The van der Waals surface area contributed by atoms with Crippen LogP contribution >= 0.6 is 15.9 Å². The van der Waals surface area contributed by atoms with Gasteiger partial charge in [0.1, 0.15) is 18.3 Å². The first kappa shape index (κ1) is 25.7. The van der Waals surface area contributed by atoms with E-state index in [-0.39, 0.29) is 18.1 Å². The van der Waals surface area contributed by atoms with Crippen molar-refractivity contribution in [2.45, 2.75) is 26.4 Å². The van der Waals surface area contributed by atoms with E-state index in [2.05, 4.69) is 21.2 Å². The van der Waals surface area contributed by atoms with Crippen LogP contribution in [-0.2, 0) is 26.2 Å². The molecule has 2 rings (SSSR count). The number of methoxy groups -OCH3 is 1. The molecule has 2 amide bonds. The fraction of sp³-hybridized carbons (Fsp3) is 0.364. The Morgan fingerprint density at radius 1 is 1.12 bits per heavy atom.